The largest absolute Gasteiger partial charge is 0.478 e. The van der Waals surface area contributed by atoms with Crippen LogP contribution >= 0.6 is 0 Å². The Morgan fingerprint density at radius 3 is 2.23 bits per heavy atom. The van der Waals surface area contributed by atoms with Gasteiger partial charge in [-0.25, -0.2) is 9.59 Å². The van der Waals surface area contributed by atoms with E-state index in [1.54, 1.807) is 0 Å². The maximum absolute atomic E-state index is 11.8. The molecule has 6 heteroatoms. The number of carbonyl (C=O) groups excluding carboxylic acids is 2. The van der Waals surface area contributed by atoms with Gasteiger partial charge in [0.25, 0.3) is 0 Å². The number of carbonyl (C=O) groups is 3. The molecule has 1 N–H and O–H groups in total. The first kappa shape index (κ1) is 18.2. The van der Waals surface area contributed by atoms with Crippen molar-refractivity contribution >= 4 is 17.9 Å². The lowest BCUT2D eigenvalue weighted by atomic mass is 9.89. The molecule has 0 radical (unpaired) electrons. The first-order valence-corrected chi connectivity index (χ1v) is 7.75. The minimum atomic E-state index is -1.15. The van der Waals surface area contributed by atoms with Crippen LogP contribution in [0.15, 0.2) is 11.6 Å². The average Bonchev–Trinajstić information content (AvgIpc) is 2.51. The molecule has 1 rings (SSSR count). The smallest absolute Gasteiger partial charge is 0.331 e. The minimum absolute atomic E-state index is 0.0516. The van der Waals surface area contributed by atoms with Gasteiger partial charge in [-0.05, 0) is 32.6 Å². The summed E-state index contributed by atoms with van der Waals surface area (Å²) in [4.78, 5) is 33.5. The number of hydrogen-bond donors (Lipinski definition) is 1. The molecule has 1 aliphatic carbocycles. The summed E-state index contributed by atoms with van der Waals surface area (Å²) in [6, 6.07) is 0. The van der Waals surface area contributed by atoms with Crippen molar-refractivity contribution in [1.29, 1.82) is 0 Å². The van der Waals surface area contributed by atoms with Gasteiger partial charge in [0, 0.05) is 11.6 Å². The van der Waals surface area contributed by atoms with E-state index in [9.17, 15) is 14.4 Å². The third-order valence-electron chi connectivity index (χ3n) is 3.64. The highest BCUT2D eigenvalue weighted by Crippen LogP contribution is 2.24. The van der Waals surface area contributed by atoms with Crippen LogP contribution < -0.4 is 0 Å². The van der Waals surface area contributed by atoms with Crippen molar-refractivity contribution in [2.75, 3.05) is 13.2 Å². The van der Waals surface area contributed by atoms with Gasteiger partial charge in [0.2, 0.25) is 0 Å². The van der Waals surface area contributed by atoms with Crippen molar-refractivity contribution in [2.24, 2.45) is 5.92 Å². The lowest BCUT2D eigenvalue weighted by Crippen LogP contribution is -2.20. The number of rotatable bonds is 8. The Morgan fingerprint density at radius 2 is 1.64 bits per heavy atom. The fraction of sp³-hybridized carbons (Fsp3) is 0.688. The standard InChI is InChI=1S/C16H24O6/c1-12(15(18)19)11-14(17)21-9-5-6-10-22-16(20)13-7-3-2-4-8-13/h11,13H,2-10H2,1H3,(H,18,19). The van der Waals surface area contributed by atoms with Crippen LogP contribution in [0.25, 0.3) is 0 Å². The Hall–Kier alpha value is -1.85. The number of esters is 2. The summed E-state index contributed by atoms with van der Waals surface area (Å²) in [5, 5.41) is 8.61. The van der Waals surface area contributed by atoms with Crippen LogP contribution in [0.3, 0.4) is 0 Å². The molecular formula is C16H24O6. The van der Waals surface area contributed by atoms with Gasteiger partial charge in [-0.2, -0.15) is 0 Å². The van der Waals surface area contributed by atoms with Crippen molar-refractivity contribution in [2.45, 2.75) is 51.9 Å². The topological polar surface area (TPSA) is 89.9 Å². The second-order valence-corrected chi connectivity index (χ2v) is 5.51. The molecule has 0 heterocycles. The van der Waals surface area contributed by atoms with E-state index < -0.39 is 11.9 Å². The van der Waals surface area contributed by atoms with Gasteiger partial charge in [-0.3, -0.25) is 4.79 Å². The van der Waals surface area contributed by atoms with Gasteiger partial charge < -0.3 is 14.6 Å². The van der Waals surface area contributed by atoms with Gasteiger partial charge in [0.05, 0.1) is 19.1 Å². The van der Waals surface area contributed by atoms with E-state index in [0.717, 1.165) is 31.8 Å². The maximum atomic E-state index is 11.8. The summed E-state index contributed by atoms with van der Waals surface area (Å²) < 4.78 is 10.1. The van der Waals surface area contributed by atoms with Crippen LogP contribution in [0.1, 0.15) is 51.9 Å². The summed E-state index contributed by atoms with van der Waals surface area (Å²) in [5.41, 5.74) is -0.0635. The molecule has 0 amide bonds. The van der Waals surface area contributed by atoms with Crippen LogP contribution in [0.4, 0.5) is 0 Å². The highest BCUT2D eigenvalue weighted by atomic mass is 16.5. The zero-order valence-corrected chi connectivity index (χ0v) is 13.0. The highest BCUT2D eigenvalue weighted by Gasteiger charge is 2.22. The summed E-state index contributed by atoms with van der Waals surface area (Å²) in [6.45, 7) is 1.84. The lowest BCUT2D eigenvalue weighted by Gasteiger charge is -2.19. The molecule has 0 bridgehead atoms. The van der Waals surface area contributed by atoms with E-state index in [0.29, 0.717) is 19.4 Å². The molecule has 0 aromatic heterocycles. The minimum Gasteiger partial charge on any atom is -0.478 e. The quantitative estimate of drug-likeness (QED) is 0.420. The fourth-order valence-corrected chi connectivity index (χ4v) is 2.29. The number of carboxylic acid groups (broad SMARTS) is 1. The third-order valence-corrected chi connectivity index (χ3v) is 3.64. The highest BCUT2D eigenvalue weighted by molar-refractivity contribution is 5.94. The Kier molecular flexibility index (Phi) is 8.25. The molecule has 0 atom stereocenters. The average molecular weight is 312 g/mol. The molecule has 1 fully saturated rings. The number of aliphatic carboxylic acids is 1. The molecule has 0 aromatic rings. The Balaban J connectivity index is 2.05. The van der Waals surface area contributed by atoms with E-state index in [2.05, 4.69) is 0 Å². The Bertz CT molecular complexity index is 420. The molecule has 1 aliphatic rings. The van der Waals surface area contributed by atoms with Gasteiger partial charge in [0.15, 0.2) is 0 Å². The molecule has 6 nitrogen and oxygen atoms in total. The summed E-state index contributed by atoms with van der Waals surface area (Å²) in [7, 11) is 0. The molecule has 124 valence electrons. The van der Waals surface area contributed by atoms with Crippen molar-refractivity contribution < 1.29 is 29.0 Å². The maximum Gasteiger partial charge on any atom is 0.331 e. The zero-order chi connectivity index (χ0) is 16.4. The second kappa shape index (κ2) is 9.97. The van der Waals surface area contributed by atoms with Crippen LogP contribution in [0, 0.1) is 5.92 Å². The fourth-order valence-electron chi connectivity index (χ4n) is 2.29. The van der Waals surface area contributed by atoms with E-state index in [-0.39, 0.29) is 24.1 Å². The SMILES string of the molecule is CC(=CC(=O)OCCCCOC(=O)C1CCCCC1)C(=O)O. The molecule has 0 aliphatic heterocycles. The van der Waals surface area contributed by atoms with Gasteiger partial charge in [-0.1, -0.05) is 19.3 Å². The number of ether oxygens (including phenoxy) is 2. The first-order chi connectivity index (χ1) is 10.5. The van der Waals surface area contributed by atoms with Crippen LogP contribution in [-0.4, -0.2) is 36.2 Å². The monoisotopic (exact) mass is 312 g/mol. The number of hydrogen-bond acceptors (Lipinski definition) is 5. The summed E-state index contributed by atoms with van der Waals surface area (Å²) in [5.74, 6) is -1.88. The van der Waals surface area contributed by atoms with Gasteiger partial charge in [-0.15, -0.1) is 0 Å². The molecular weight excluding hydrogens is 288 g/mol. The van der Waals surface area contributed by atoms with Crippen molar-refractivity contribution in [3.8, 4) is 0 Å². The zero-order valence-electron chi connectivity index (χ0n) is 13.0. The Labute approximate surface area is 130 Å². The number of carboxylic acids is 1. The normalized spacial score (nSPS) is 16.1. The van der Waals surface area contributed by atoms with Crippen LogP contribution in [0.5, 0.6) is 0 Å². The molecule has 0 spiro atoms. The van der Waals surface area contributed by atoms with Crippen LogP contribution in [-0.2, 0) is 23.9 Å². The van der Waals surface area contributed by atoms with Crippen LogP contribution in [0.2, 0.25) is 0 Å². The first-order valence-electron chi connectivity index (χ1n) is 7.75. The van der Waals surface area contributed by atoms with E-state index in [1.165, 1.54) is 13.3 Å². The molecule has 22 heavy (non-hydrogen) atoms. The van der Waals surface area contributed by atoms with Crippen molar-refractivity contribution in [1.82, 2.24) is 0 Å². The lowest BCUT2D eigenvalue weighted by molar-refractivity contribution is -0.150. The molecule has 0 unspecified atom stereocenters. The third kappa shape index (κ3) is 7.24. The predicted octanol–water partition coefficient (Wildman–Crippen LogP) is 2.46. The molecule has 0 aromatic carbocycles. The molecule has 0 saturated heterocycles. The number of unbranched alkanes of at least 4 members (excludes halogenated alkanes) is 1. The predicted molar refractivity (Wildman–Crippen MR) is 79.1 cm³/mol. The van der Waals surface area contributed by atoms with E-state index in [4.69, 9.17) is 14.6 Å². The van der Waals surface area contributed by atoms with Gasteiger partial charge >= 0.3 is 17.9 Å². The summed E-state index contributed by atoms with van der Waals surface area (Å²) in [6.07, 6.45) is 7.38. The van der Waals surface area contributed by atoms with Crippen molar-refractivity contribution in [3.63, 3.8) is 0 Å². The van der Waals surface area contributed by atoms with Gasteiger partial charge in [0.1, 0.15) is 0 Å². The summed E-state index contributed by atoms with van der Waals surface area (Å²) >= 11 is 0. The van der Waals surface area contributed by atoms with E-state index >= 15 is 0 Å². The second-order valence-electron chi connectivity index (χ2n) is 5.51. The Morgan fingerprint density at radius 1 is 1.05 bits per heavy atom. The molecule has 1 saturated carbocycles. The van der Waals surface area contributed by atoms with Crippen molar-refractivity contribution in [3.05, 3.63) is 11.6 Å². The van der Waals surface area contributed by atoms with E-state index in [1.807, 2.05) is 0 Å².